The minimum absolute atomic E-state index is 0.00810. The summed E-state index contributed by atoms with van der Waals surface area (Å²) >= 11 is 0. The van der Waals surface area contributed by atoms with Crippen molar-refractivity contribution in [2.24, 2.45) is 5.73 Å². The van der Waals surface area contributed by atoms with E-state index in [1.54, 1.807) is 56.5 Å². The van der Waals surface area contributed by atoms with Gasteiger partial charge < -0.3 is 10.5 Å². The van der Waals surface area contributed by atoms with Gasteiger partial charge in [0.25, 0.3) is 0 Å². The number of carbonyl (C=O) groups excluding carboxylic acids is 1. The lowest BCUT2D eigenvalue weighted by Crippen LogP contribution is -2.37. The molecule has 0 aliphatic rings. The Morgan fingerprint density at radius 3 is 0.804 bits per heavy atom. The fraction of sp³-hybridized carbons (Fsp3) is 0.250. The van der Waals surface area contributed by atoms with Gasteiger partial charge in [0, 0.05) is 56.0 Å². The minimum atomic E-state index is -4.67. The smallest absolute Gasteiger partial charge is 0.394 e. The summed E-state index contributed by atoms with van der Waals surface area (Å²) in [6, 6.07) is 22.0. The Hall–Kier alpha value is -4.56. The highest BCUT2D eigenvalue weighted by Gasteiger charge is 2.25. The molecule has 4 rings (SSSR count). The van der Waals surface area contributed by atoms with Gasteiger partial charge >= 0.3 is 47.6 Å². The number of rotatable bonds is 4. The van der Waals surface area contributed by atoms with Crippen molar-refractivity contribution in [2.75, 3.05) is 6.61 Å². The Kier molecular flexibility index (Phi) is 39.1. The first-order valence-electron chi connectivity index (χ1n) is 14.2. The molecule has 0 spiro atoms. The number of ether oxygens (including phenoxy) is 1. The summed E-state index contributed by atoms with van der Waals surface area (Å²) in [7, 11) is -18.7. The molecule has 0 aliphatic heterocycles. The predicted octanol–water partition coefficient (Wildman–Crippen LogP) is 2.73. The second kappa shape index (κ2) is 36.1. The Labute approximate surface area is 324 Å². The first-order valence-corrected chi connectivity index (χ1v) is 19.8. The number of esters is 1. The Morgan fingerprint density at radius 1 is 0.536 bits per heavy atom. The van der Waals surface area contributed by atoms with E-state index in [0.717, 1.165) is 0 Å². The molecule has 10 N–H and O–H groups in total. The van der Waals surface area contributed by atoms with Crippen LogP contribution in [0.15, 0.2) is 122 Å². The second-order valence-electron chi connectivity index (χ2n) is 9.17. The van der Waals surface area contributed by atoms with Crippen LogP contribution < -0.4 is 5.73 Å². The number of nitrogens with two attached hydrogens (primary N) is 1. The largest absolute Gasteiger partial charge is 0.465 e. The van der Waals surface area contributed by atoms with E-state index in [4.69, 9.17) is 75.8 Å². The summed E-state index contributed by atoms with van der Waals surface area (Å²) in [6.07, 6.45) is 14.0. The quantitative estimate of drug-likeness (QED) is 0.105. The molecular weight excluding hydrogens is 842 g/mol. The number of aromatic nitrogens is 4. The van der Waals surface area contributed by atoms with Crippen LogP contribution in [-0.4, -0.2) is 114 Å². The molecule has 0 saturated heterocycles. The lowest BCUT2D eigenvalue weighted by Gasteiger charge is -2.17. The second-order valence-corrected chi connectivity index (χ2v) is 12.8. The number of carbonyl (C=O) groups is 1. The summed E-state index contributed by atoms with van der Waals surface area (Å²) < 4.78 is 144. The van der Waals surface area contributed by atoms with Crippen molar-refractivity contribution in [2.45, 2.75) is 38.9 Å². The summed E-state index contributed by atoms with van der Waals surface area (Å²) in [5.41, 5.74) is 3.95. The summed E-state index contributed by atoms with van der Waals surface area (Å²) in [6.45, 7) is 4.72. The third-order valence-electron chi connectivity index (χ3n) is 3.56. The van der Waals surface area contributed by atoms with Crippen molar-refractivity contribution in [3.05, 3.63) is 122 Å². The van der Waals surface area contributed by atoms with Crippen LogP contribution in [0.4, 0.5) is 4.39 Å². The topological polar surface area (TPSA) is 402 Å². The van der Waals surface area contributed by atoms with Gasteiger partial charge in [-0.05, 0) is 69.3 Å². The van der Waals surface area contributed by atoms with Gasteiger partial charge in [-0.3, -0.25) is 61.2 Å². The SMILES string of the molecule is CCOC(=O)[C@@H](N)CC(C)(C)F.O=S(=O)(O)O.O=S(=O)(O)O.O=S(=O)(O)O.O=S(=O)(O)O.c1ccncc1.c1ccncc1.c1ccncc1.c1ccncc1. The molecule has 56 heavy (non-hydrogen) atoms. The molecule has 0 fully saturated rings. The highest BCUT2D eigenvalue weighted by atomic mass is 32.3. The monoisotopic (exact) mass is 885 g/mol. The third kappa shape index (κ3) is 117. The van der Waals surface area contributed by atoms with E-state index in [2.05, 4.69) is 24.7 Å². The van der Waals surface area contributed by atoms with Crippen LogP contribution in [0.25, 0.3) is 0 Å². The number of nitrogens with zero attached hydrogens (tertiary/aromatic N) is 4. The molecule has 0 unspecified atom stereocenters. The van der Waals surface area contributed by atoms with Crippen molar-refractivity contribution < 1.29 is 84.0 Å². The molecule has 23 nitrogen and oxygen atoms in total. The Balaban J connectivity index is -0.000000177. The number of pyridine rings is 4. The normalized spacial score (nSPS) is 10.6. The molecule has 0 amide bonds. The molecule has 0 aliphatic carbocycles. The summed E-state index contributed by atoms with van der Waals surface area (Å²) in [5, 5.41) is 0. The number of hydrogen-bond donors (Lipinski definition) is 9. The van der Waals surface area contributed by atoms with E-state index in [1.807, 2.05) is 72.8 Å². The molecule has 4 aromatic rings. The average molecular weight is 886 g/mol. The first kappa shape index (κ1) is 60.7. The summed E-state index contributed by atoms with van der Waals surface area (Å²) in [4.78, 5) is 26.0. The van der Waals surface area contributed by atoms with E-state index in [1.165, 1.54) is 13.8 Å². The predicted molar refractivity (Wildman–Crippen MR) is 198 cm³/mol. The van der Waals surface area contributed by atoms with E-state index < -0.39 is 59.3 Å². The zero-order valence-electron chi connectivity index (χ0n) is 29.6. The molecule has 0 radical (unpaired) electrons. The maximum Gasteiger partial charge on any atom is 0.394 e. The van der Waals surface area contributed by atoms with Crippen LogP contribution in [0.3, 0.4) is 0 Å². The molecular formula is C28H44FN5O18S4. The molecule has 0 saturated carbocycles. The van der Waals surface area contributed by atoms with E-state index >= 15 is 0 Å². The van der Waals surface area contributed by atoms with Crippen molar-refractivity contribution in [1.82, 2.24) is 19.9 Å². The zero-order chi connectivity index (χ0) is 44.7. The maximum atomic E-state index is 13.0. The van der Waals surface area contributed by atoms with Gasteiger partial charge in [0.1, 0.15) is 11.7 Å². The molecule has 0 bridgehead atoms. The number of hydrogen-bond acceptors (Lipinski definition) is 15. The lowest BCUT2D eigenvalue weighted by molar-refractivity contribution is -0.145. The van der Waals surface area contributed by atoms with Crippen LogP contribution in [0.1, 0.15) is 27.2 Å². The van der Waals surface area contributed by atoms with E-state index in [-0.39, 0.29) is 13.0 Å². The highest BCUT2D eigenvalue weighted by Crippen LogP contribution is 2.15. The molecule has 4 heterocycles. The lowest BCUT2D eigenvalue weighted by atomic mass is 10.0. The van der Waals surface area contributed by atoms with Crippen LogP contribution >= 0.6 is 0 Å². The molecule has 0 aromatic carbocycles. The Bertz CT molecular complexity index is 1500. The minimum Gasteiger partial charge on any atom is -0.465 e. The van der Waals surface area contributed by atoms with Gasteiger partial charge in [0.05, 0.1) is 6.61 Å². The van der Waals surface area contributed by atoms with Crippen LogP contribution in [0, 0.1) is 0 Å². The zero-order valence-corrected chi connectivity index (χ0v) is 32.8. The molecule has 28 heteroatoms. The van der Waals surface area contributed by atoms with Gasteiger partial charge in [0.15, 0.2) is 0 Å². The first-order chi connectivity index (χ1) is 25.4. The summed E-state index contributed by atoms with van der Waals surface area (Å²) in [5.74, 6) is -0.539. The molecule has 320 valence electrons. The van der Waals surface area contributed by atoms with E-state index in [9.17, 15) is 9.18 Å². The van der Waals surface area contributed by atoms with Crippen LogP contribution in [0.2, 0.25) is 0 Å². The highest BCUT2D eigenvalue weighted by molar-refractivity contribution is 7.80. The van der Waals surface area contributed by atoms with Gasteiger partial charge in [-0.1, -0.05) is 24.3 Å². The third-order valence-corrected chi connectivity index (χ3v) is 3.56. The fourth-order valence-corrected chi connectivity index (χ4v) is 2.11. The average Bonchev–Trinajstić information content (AvgIpc) is 3.06. The maximum absolute atomic E-state index is 13.0. The van der Waals surface area contributed by atoms with Crippen LogP contribution in [0.5, 0.6) is 0 Å². The number of alkyl halides is 1. The van der Waals surface area contributed by atoms with Crippen molar-refractivity contribution in [3.8, 4) is 0 Å². The van der Waals surface area contributed by atoms with Gasteiger partial charge in [-0.15, -0.1) is 0 Å². The van der Waals surface area contributed by atoms with Crippen molar-refractivity contribution >= 4 is 47.6 Å². The Morgan fingerprint density at radius 2 is 0.714 bits per heavy atom. The standard InChI is InChI=1S/C8H16FNO2.4C5H5N.4H2O4S/c1-4-12-7(11)6(10)5-8(2,3)9;4*1-2-4-6-5-3-1;4*1-5(2,3)4/h6H,4-5,10H2,1-3H3;4*1-5H;4*(H2,1,2,3,4)/t6-;;;;;;;;/m0......../s1. The van der Waals surface area contributed by atoms with Gasteiger partial charge in [0.2, 0.25) is 0 Å². The van der Waals surface area contributed by atoms with Crippen LogP contribution in [-0.2, 0) is 51.1 Å². The van der Waals surface area contributed by atoms with Gasteiger partial charge in [-0.2, -0.15) is 33.7 Å². The van der Waals surface area contributed by atoms with Crippen molar-refractivity contribution in [3.63, 3.8) is 0 Å². The molecule has 4 aromatic heterocycles. The van der Waals surface area contributed by atoms with Gasteiger partial charge in [-0.25, -0.2) is 4.39 Å². The number of halogens is 1. The molecule has 1 atom stereocenters. The fourth-order valence-electron chi connectivity index (χ4n) is 2.11. The van der Waals surface area contributed by atoms with Crippen molar-refractivity contribution in [1.29, 1.82) is 0 Å². The van der Waals surface area contributed by atoms with E-state index in [0.29, 0.717) is 0 Å².